The molecule has 1 amide bonds. The topological polar surface area (TPSA) is 81.1 Å². The first kappa shape index (κ1) is 20.6. The van der Waals surface area contributed by atoms with Crippen LogP contribution in [0, 0.1) is 0 Å². The van der Waals surface area contributed by atoms with E-state index in [-0.39, 0.29) is 17.1 Å². The van der Waals surface area contributed by atoms with Gasteiger partial charge in [-0.2, -0.15) is 0 Å². The molecule has 2 N–H and O–H groups in total. The Morgan fingerprint density at radius 1 is 1.03 bits per heavy atom. The SMILES string of the molecule is CCc1ccc(/C(O)=C2/C(=O)C(=O)N(CCN(C)C)C2c2ccc(O)cc2)cc1. The van der Waals surface area contributed by atoms with E-state index in [1.807, 2.05) is 38.1 Å². The number of amides is 1. The van der Waals surface area contributed by atoms with Gasteiger partial charge in [0.15, 0.2) is 0 Å². The molecule has 1 aliphatic rings. The molecule has 0 saturated carbocycles. The maximum Gasteiger partial charge on any atom is 0.295 e. The lowest BCUT2D eigenvalue weighted by atomic mass is 9.95. The Morgan fingerprint density at radius 3 is 2.21 bits per heavy atom. The van der Waals surface area contributed by atoms with Gasteiger partial charge >= 0.3 is 0 Å². The Morgan fingerprint density at radius 2 is 1.66 bits per heavy atom. The van der Waals surface area contributed by atoms with Crippen molar-refractivity contribution in [3.63, 3.8) is 0 Å². The molecule has 1 fully saturated rings. The zero-order valence-electron chi connectivity index (χ0n) is 16.9. The zero-order valence-corrected chi connectivity index (χ0v) is 16.9. The lowest BCUT2D eigenvalue weighted by Crippen LogP contribution is -2.35. The fourth-order valence-corrected chi connectivity index (χ4v) is 3.48. The third-order valence-electron chi connectivity index (χ3n) is 5.17. The highest BCUT2D eigenvalue weighted by atomic mass is 16.3. The third kappa shape index (κ3) is 4.17. The van der Waals surface area contributed by atoms with Crippen LogP contribution in [0.15, 0.2) is 54.1 Å². The number of hydrogen-bond acceptors (Lipinski definition) is 5. The van der Waals surface area contributed by atoms with E-state index in [1.54, 1.807) is 24.3 Å². The fourth-order valence-electron chi connectivity index (χ4n) is 3.48. The van der Waals surface area contributed by atoms with Crippen LogP contribution in [-0.2, 0) is 16.0 Å². The number of carbonyl (C=O) groups is 2. The van der Waals surface area contributed by atoms with Gasteiger partial charge in [-0.15, -0.1) is 0 Å². The maximum atomic E-state index is 12.9. The van der Waals surface area contributed by atoms with Gasteiger partial charge in [-0.1, -0.05) is 43.3 Å². The number of Topliss-reactive ketones (excluding diaryl/α,β-unsaturated/α-hetero) is 1. The second kappa shape index (κ2) is 8.49. The van der Waals surface area contributed by atoms with E-state index in [4.69, 9.17) is 0 Å². The van der Waals surface area contributed by atoms with Gasteiger partial charge in [-0.05, 0) is 43.8 Å². The molecule has 1 heterocycles. The molecule has 6 nitrogen and oxygen atoms in total. The molecular weight excluding hydrogens is 368 g/mol. The van der Waals surface area contributed by atoms with Gasteiger partial charge in [0.2, 0.25) is 0 Å². The predicted octanol–water partition coefficient (Wildman–Crippen LogP) is 2.94. The van der Waals surface area contributed by atoms with Crippen LogP contribution in [0.4, 0.5) is 0 Å². The number of phenols is 1. The quantitative estimate of drug-likeness (QED) is 0.447. The minimum Gasteiger partial charge on any atom is -0.508 e. The number of phenolic OH excluding ortho intramolecular Hbond substituents is 1. The molecule has 0 spiro atoms. The van der Waals surface area contributed by atoms with Crippen LogP contribution in [0.5, 0.6) is 5.75 Å². The largest absolute Gasteiger partial charge is 0.508 e. The van der Waals surface area contributed by atoms with Gasteiger partial charge < -0.3 is 20.0 Å². The first-order valence-electron chi connectivity index (χ1n) is 9.64. The van der Waals surface area contributed by atoms with Crippen molar-refractivity contribution in [2.45, 2.75) is 19.4 Å². The highest BCUT2D eigenvalue weighted by Crippen LogP contribution is 2.39. The third-order valence-corrected chi connectivity index (χ3v) is 5.17. The molecule has 152 valence electrons. The van der Waals surface area contributed by atoms with Gasteiger partial charge in [0.25, 0.3) is 11.7 Å². The number of likely N-dealkylation sites (tertiary alicyclic amines) is 1. The number of rotatable bonds is 6. The first-order valence-corrected chi connectivity index (χ1v) is 9.64. The van der Waals surface area contributed by atoms with Crippen molar-refractivity contribution in [2.24, 2.45) is 0 Å². The van der Waals surface area contributed by atoms with Gasteiger partial charge in [0, 0.05) is 18.7 Å². The van der Waals surface area contributed by atoms with E-state index < -0.39 is 17.7 Å². The van der Waals surface area contributed by atoms with Crippen LogP contribution in [0.3, 0.4) is 0 Å². The number of benzene rings is 2. The monoisotopic (exact) mass is 394 g/mol. The summed E-state index contributed by atoms with van der Waals surface area (Å²) >= 11 is 0. The second-order valence-corrected chi connectivity index (χ2v) is 7.44. The highest BCUT2D eigenvalue weighted by Gasteiger charge is 2.45. The smallest absolute Gasteiger partial charge is 0.295 e. The summed E-state index contributed by atoms with van der Waals surface area (Å²) in [5.41, 5.74) is 2.34. The molecule has 0 aliphatic carbocycles. The van der Waals surface area contributed by atoms with E-state index in [0.717, 1.165) is 12.0 Å². The minimum absolute atomic E-state index is 0.0729. The van der Waals surface area contributed by atoms with Crippen LogP contribution < -0.4 is 0 Å². The summed E-state index contributed by atoms with van der Waals surface area (Å²) in [7, 11) is 3.78. The molecule has 3 rings (SSSR count). The average molecular weight is 394 g/mol. The Hall–Kier alpha value is -3.12. The van der Waals surface area contributed by atoms with Crippen LogP contribution in [-0.4, -0.2) is 58.9 Å². The lowest BCUT2D eigenvalue weighted by Gasteiger charge is -2.26. The predicted molar refractivity (Wildman–Crippen MR) is 111 cm³/mol. The first-order chi connectivity index (χ1) is 13.8. The molecule has 6 heteroatoms. The molecule has 0 bridgehead atoms. The molecule has 2 aromatic rings. The normalized spacial score (nSPS) is 18.6. The number of aliphatic hydroxyl groups excluding tert-OH is 1. The number of aryl methyl sites for hydroxylation is 1. The molecular formula is C23H26N2O4. The van der Waals surface area contributed by atoms with Crippen molar-refractivity contribution in [3.8, 4) is 5.75 Å². The molecule has 0 aromatic heterocycles. The molecule has 1 saturated heterocycles. The van der Waals surface area contributed by atoms with Crippen molar-refractivity contribution in [2.75, 3.05) is 27.2 Å². The van der Waals surface area contributed by atoms with Crippen molar-refractivity contribution >= 4 is 17.4 Å². The standard InChI is InChI=1S/C23H26N2O4/c1-4-15-5-7-17(8-6-15)21(27)19-20(16-9-11-18(26)12-10-16)25(14-13-24(2)3)23(29)22(19)28/h5-12,20,26-27H,4,13-14H2,1-3H3/b21-19-. The summed E-state index contributed by atoms with van der Waals surface area (Å²) in [6.07, 6.45) is 0.865. The number of nitrogens with zero attached hydrogens (tertiary/aromatic N) is 2. The Kier molecular flexibility index (Phi) is 6.03. The van der Waals surface area contributed by atoms with Gasteiger partial charge in [-0.25, -0.2) is 0 Å². The zero-order chi connectivity index (χ0) is 21.1. The number of ketones is 1. The average Bonchev–Trinajstić information content (AvgIpc) is 2.97. The Labute approximate surface area is 170 Å². The number of carbonyl (C=O) groups excluding carboxylic acids is 2. The van der Waals surface area contributed by atoms with E-state index in [1.165, 1.54) is 17.0 Å². The highest BCUT2D eigenvalue weighted by molar-refractivity contribution is 6.46. The van der Waals surface area contributed by atoms with Gasteiger partial charge in [0.1, 0.15) is 11.5 Å². The van der Waals surface area contributed by atoms with E-state index in [0.29, 0.717) is 24.2 Å². The number of likely N-dealkylation sites (N-methyl/N-ethyl adjacent to an activating group) is 1. The molecule has 1 atom stereocenters. The number of hydrogen-bond donors (Lipinski definition) is 2. The number of aromatic hydroxyl groups is 1. The van der Waals surface area contributed by atoms with Crippen LogP contribution >= 0.6 is 0 Å². The van der Waals surface area contributed by atoms with E-state index in [2.05, 4.69) is 0 Å². The summed E-state index contributed by atoms with van der Waals surface area (Å²) in [4.78, 5) is 29.1. The van der Waals surface area contributed by atoms with Crippen LogP contribution in [0.25, 0.3) is 5.76 Å². The van der Waals surface area contributed by atoms with Gasteiger partial charge in [-0.3, -0.25) is 9.59 Å². The fraction of sp³-hybridized carbons (Fsp3) is 0.304. The van der Waals surface area contributed by atoms with Crippen LogP contribution in [0.2, 0.25) is 0 Å². The van der Waals surface area contributed by atoms with E-state index >= 15 is 0 Å². The van der Waals surface area contributed by atoms with Crippen molar-refractivity contribution in [1.82, 2.24) is 9.80 Å². The summed E-state index contributed by atoms with van der Waals surface area (Å²) in [5.74, 6) is -1.42. The maximum absolute atomic E-state index is 12.9. The molecule has 2 aromatic carbocycles. The Bertz CT molecular complexity index is 930. The van der Waals surface area contributed by atoms with Gasteiger partial charge in [0.05, 0.1) is 11.6 Å². The summed E-state index contributed by atoms with van der Waals surface area (Å²) in [6.45, 7) is 2.96. The van der Waals surface area contributed by atoms with Crippen molar-refractivity contribution in [1.29, 1.82) is 0 Å². The minimum atomic E-state index is -0.707. The summed E-state index contributed by atoms with van der Waals surface area (Å²) in [5, 5.41) is 20.6. The molecule has 29 heavy (non-hydrogen) atoms. The van der Waals surface area contributed by atoms with Crippen LogP contribution in [0.1, 0.15) is 29.7 Å². The summed E-state index contributed by atoms with van der Waals surface area (Å²) < 4.78 is 0. The lowest BCUT2D eigenvalue weighted by molar-refractivity contribution is -0.140. The number of aliphatic hydroxyl groups is 1. The van der Waals surface area contributed by atoms with E-state index in [9.17, 15) is 19.8 Å². The van der Waals surface area contributed by atoms with Crippen molar-refractivity contribution < 1.29 is 19.8 Å². The Balaban J connectivity index is 2.11. The molecule has 1 unspecified atom stereocenters. The molecule has 0 radical (unpaired) electrons. The second-order valence-electron chi connectivity index (χ2n) is 7.44. The molecule has 1 aliphatic heterocycles. The van der Waals surface area contributed by atoms with Crippen molar-refractivity contribution in [3.05, 3.63) is 70.8 Å². The summed E-state index contributed by atoms with van der Waals surface area (Å²) in [6, 6.07) is 13.0.